The van der Waals surface area contributed by atoms with Gasteiger partial charge in [-0.1, -0.05) is 88.1 Å². The molecule has 0 aliphatic carbocycles. The van der Waals surface area contributed by atoms with Gasteiger partial charge in [0.1, 0.15) is 0 Å². The van der Waals surface area contributed by atoms with Crippen molar-refractivity contribution in [3.8, 4) is 0 Å². The largest absolute Gasteiger partial charge is 0.392 e. The molecule has 0 amide bonds. The summed E-state index contributed by atoms with van der Waals surface area (Å²) in [6, 6.07) is 0. The zero-order valence-corrected chi connectivity index (χ0v) is 15.4. The van der Waals surface area contributed by atoms with Crippen molar-refractivity contribution in [2.75, 3.05) is 6.61 Å². The minimum atomic E-state index is 0.175. The Hall–Kier alpha value is -1.08. The second kappa shape index (κ2) is 19.0. The van der Waals surface area contributed by atoms with Crippen LogP contribution in [0.5, 0.6) is 0 Å². The first kappa shape index (κ1) is 21.9. The Morgan fingerprint density at radius 1 is 0.739 bits per heavy atom. The third kappa shape index (κ3) is 17.1. The van der Waals surface area contributed by atoms with Crippen molar-refractivity contribution in [2.24, 2.45) is 5.92 Å². The zero-order chi connectivity index (χ0) is 17.0. The van der Waals surface area contributed by atoms with Gasteiger partial charge in [-0.15, -0.1) is 0 Å². The molecular weight excluding hydrogens is 280 g/mol. The predicted molar refractivity (Wildman–Crippen MR) is 105 cm³/mol. The summed E-state index contributed by atoms with van der Waals surface area (Å²) in [6.45, 7) is 4.65. The van der Waals surface area contributed by atoms with Gasteiger partial charge in [0.15, 0.2) is 0 Å². The maximum atomic E-state index is 8.66. The molecule has 0 aromatic carbocycles. The van der Waals surface area contributed by atoms with Crippen molar-refractivity contribution in [1.82, 2.24) is 0 Å². The molecule has 132 valence electrons. The molecule has 0 saturated carbocycles. The van der Waals surface area contributed by atoms with Crippen LogP contribution >= 0.6 is 0 Å². The van der Waals surface area contributed by atoms with Crippen LogP contribution in [0.25, 0.3) is 0 Å². The van der Waals surface area contributed by atoms with E-state index in [0.29, 0.717) is 0 Å². The third-order valence-corrected chi connectivity index (χ3v) is 4.08. The van der Waals surface area contributed by atoms with Gasteiger partial charge in [0.25, 0.3) is 0 Å². The lowest BCUT2D eigenvalue weighted by atomic mass is 9.94. The highest BCUT2D eigenvalue weighted by molar-refractivity contribution is 4.97. The van der Waals surface area contributed by atoms with E-state index >= 15 is 0 Å². The quantitative estimate of drug-likeness (QED) is 0.261. The molecule has 1 heteroatoms. The fraction of sp³-hybridized carbons (Fsp3) is 0.636. The van der Waals surface area contributed by atoms with Gasteiger partial charge in [0.2, 0.25) is 0 Å². The van der Waals surface area contributed by atoms with Crippen LogP contribution in [-0.2, 0) is 0 Å². The van der Waals surface area contributed by atoms with Crippen LogP contribution in [-0.4, -0.2) is 11.7 Å². The van der Waals surface area contributed by atoms with E-state index in [9.17, 15) is 0 Å². The van der Waals surface area contributed by atoms with Crippen LogP contribution in [0.2, 0.25) is 0 Å². The van der Waals surface area contributed by atoms with Gasteiger partial charge in [-0.3, -0.25) is 0 Å². The molecule has 1 nitrogen and oxygen atoms in total. The molecule has 0 aliphatic rings. The Kier molecular flexibility index (Phi) is 18.1. The van der Waals surface area contributed by atoms with Crippen molar-refractivity contribution in [3.63, 3.8) is 0 Å². The summed E-state index contributed by atoms with van der Waals surface area (Å²) in [5.41, 5.74) is 0. The molecule has 0 aromatic rings. The molecule has 1 unspecified atom stereocenters. The van der Waals surface area contributed by atoms with E-state index in [4.69, 9.17) is 5.11 Å². The normalized spacial score (nSPS) is 14.0. The molecule has 0 aromatic heterocycles. The number of hydrogen-bond donors (Lipinski definition) is 1. The molecule has 0 rings (SSSR count). The van der Waals surface area contributed by atoms with E-state index in [-0.39, 0.29) is 6.61 Å². The summed E-state index contributed by atoms with van der Waals surface area (Å²) in [4.78, 5) is 0. The Balaban J connectivity index is 3.62. The van der Waals surface area contributed by atoms with E-state index in [0.717, 1.165) is 31.6 Å². The standard InChI is InChI=1S/C22H38O/c1-3-5-6-7-8-9-10-13-16-19-22(4-2)20-17-14-11-12-15-18-21-23/h5-6,8-9,13,15-16,18,22-23H,3-4,7,10-12,14,17,19-21H2,1-2H3/b6-5-,9-8-,16-13-,18-15+. The van der Waals surface area contributed by atoms with Gasteiger partial charge in [0.05, 0.1) is 6.61 Å². The molecule has 0 heterocycles. The summed E-state index contributed by atoms with van der Waals surface area (Å²) < 4.78 is 0. The van der Waals surface area contributed by atoms with E-state index in [1.165, 1.54) is 38.5 Å². The molecule has 0 aliphatic heterocycles. The van der Waals surface area contributed by atoms with E-state index < -0.39 is 0 Å². The van der Waals surface area contributed by atoms with Crippen LogP contribution in [0.3, 0.4) is 0 Å². The van der Waals surface area contributed by atoms with Gasteiger partial charge < -0.3 is 5.11 Å². The Bertz CT molecular complexity index is 336. The van der Waals surface area contributed by atoms with Gasteiger partial charge in [-0.05, 0) is 44.4 Å². The molecule has 1 N–H and O–H groups in total. The summed E-state index contributed by atoms with van der Waals surface area (Å²) in [6.07, 6.45) is 29.7. The number of aliphatic hydroxyl groups is 1. The number of allylic oxidation sites excluding steroid dienone is 7. The number of aliphatic hydroxyl groups excluding tert-OH is 1. The Morgan fingerprint density at radius 2 is 1.43 bits per heavy atom. The molecular formula is C22H38O. The highest BCUT2D eigenvalue weighted by atomic mass is 16.2. The molecule has 0 spiro atoms. The molecule has 1 atom stereocenters. The van der Waals surface area contributed by atoms with E-state index in [2.05, 4.69) is 56.4 Å². The average molecular weight is 319 g/mol. The topological polar surface area (TPSA) is 20.2 Å². The molecule has 0 bridgehead atoms. The number of hydrogen-bond acceptors (Lipinski definition) is 1. The lowest BCUT2D eigenvalue weighted by Gasteiger charge is -2.11. The lowest BCUT2D eigenvalue weighted by Crippen LogP contribution is -1.97. The first-order valence-corrected chi connectivity index (χ1v) is 9.55. The number of rotatable bonds is 15. The second-order valence-electron chi connectivity index (χ2n) is 6.10. The first-order valence-electron chi connectivity index (χ1n) is 9.55. The van der Waals surface area contributed by atoms with Gasteiger partial charge in [0, 0.05) is 0 Å². The summed E-state index contributed by atoms with van der Waals surface area (Å²) >= 11 is 0. The predicted octanol–water partition coefficient (Wildman–Crippen LogP) is 6.76. The minimum Gasteiger partial charge on any atom is -0.392 e. The van der Waals surface area contributed by atoms with E-state index in [1.807, 2.05) is 6.08 Å². The van der Waals surface area contributed by atoms with E-state index in [1.54, 1.807) is 0 Å². The molecule has 23 heavy (non-hydrogen) atoms. The fourth-order valence-corrected chi connectivity index (χ4v) is 2.55. The van der Waals surface area contributed by atoms with Crippen molar-refractivity contribution < 1.29 is 5.11 Å². The van der Waals surface area contributed by atoms with Gasteiger partial charge in [-0.2, -0.15) is 0 Å². The zero-order valence-electron chi connectivity index (χ0n) is 15.4. The van der Waals surface area contributed by atoms with Crippen LogP contribution in [0, 0.1) is 5.92 Å². The highest BCUT2D eigenvalue weighted by Gasteiger charge is 2.03. The van der Waals surface area contributed by atoms with Crippen LogP contribution in [0.15, 0.2) is 48.6 Å². The third-order valence-electron chi connectivity index (χ3n) is 4.08. The molecule has 0 radical (unpaired) electrons. The van der Waals surface area contributed by atoms with Gasteiger partial charge >= 0.3 is 0 Å². The van der Waals surface area contributed by atoms with Crippen LogP contribution < -0.4 is 0 Å². The molecule has 0 fully saturated rings. The number of unbranched alkanes of at least 4 members (excludes halogenated alkanes) is 3. The SMILES string of the molecule is CC/C=C\C/C=C\C/C=C\CC(CC)CCCCC/C=C/CO. The van der Waals surface area contributed by atoms with Crippen molar-refractivity contribution in [1.29, 1.82) is 0 Å². The Labute approximate surface area is 144 Å². The maximum Gasteiger partial charge on any atom is 0.0612 e. The summed E-state index contributed by atoms with van der Waals surface area (Å²) in [5, 5.41) is 8.66. The smallest absolute Gasteiger partial charge is 0.0612 e. The van der Waals surface area contributed by atoms with Crippen molar-refractivity contribution in [2.45, 2.75) is 78.1 Å². The lowest BCUT2D eigenvalue weighted by molar-refractivity contribution is 0.342. The highest BCUT2D eigenvalue weighted by Crippen LogP contribution is 2.18. The van der Waals surface area contributed by atoms with Crippen LogP contribution in [0.1, 0.15) is 78.1 Å². The monoisotopic (exact) mass is 318 g/mol. The minimum absolute atomic E-state index is 0.175. The summed E-state index contributed by atoms with van der Waals surface area (Å²) in [5.74, 6) is 0.843. The maximum absolute atomic E-state index is 8.66. The average Bonchev–Trinajstić information content (AvgIpc) is 2.57. The second-order valence-corrected chi connectivity index (χ2v) is 6.10. The Morgan fingerprint density at radius 3 is 2.09 bits per heavy atom. The summed E-state index contributed by atoms with van der Waals surface area (Å²) in [7, 11) is 0. The van der Waals surface area contributed by atoms with Crippen molar-refractivity contribution >= 4 is 0 Å². The fourth-order valence-electron chi connectivity index (χ4n) is 2.55. The van der Waals surface area contributed by atoms with Crippen molar-refractivity contribution in [3.05, 3.63) is 48.6 Å². The first-order chi connectivity index (χ1) is 11.3. The molecule has 0 saturated heterocycles. The van der Waals surface area contributed by atoms with Gasteiger partial charge in [-0.25, -0.2) is 0 Å². The van der Waals surface area contributed by atoms with Crippen LogP contribution in [0.4, 0.5) is 0 Å².